The first kappa shape index (κ1) is 26.8. The van der Waals surface area contributed by atoms with Crippen molar-refractivity contribution >= 4 is 39.5 Å². The number of hydrogen-bond donors (Lipinski definition) is 0. The molecule has 0 saturated carbocycles. The Hall–Kier alpha value is -2.47. The molecule has 0 fully saturated rings. The third kappa shape index (κ3) is 7.00. The van der Waals surface area contributed by atoms with Gasteiger partial charge in [0.25, 0.3) is 5.56 Å². The van der Waals surface area contributed by atoms with Gasteiger partial charge in [0.2, 0.25) is 6.41 Å². The molecule has 11 nitrogen and oxygen atoms in total. The molecule has 0 aliphatic carbocycles. The summed E-state index contributed by atoms with van der Waals surface area (Å²) in [6.45, 7) is 9.29. The van der Waals surface area contributed by atoms with Gasteiger partial charge in [-0.05, 0) is 62.9 Å². The van der Waals surface area contributed by atoms with E-state index in [-0.39, 0.29) is 42.9 Å². The zero-order valence-electron chi connectivity index (χ0n) is 20.0. The van der Waals surface area contributed by atoms with Crippen molar-refractivity contribution in [3.63, 3.8) is 0 Å². The second kappa shape index (κ2) is 11.1. The number of unbranched alkanes of at least 4 members (excludes halogenated alkanes) is 1. The highest BCUT2D eigenvalue weighted by molar-refractivity contribution is 9.10. The molecule has 0 aliphatic heterocycles. The van der Waals surface area contributed by atoms with Crippen LogP contribution in [0.4, 0.5) is 0 Å². The van der Waals surface area contributed by atoms with E-state index in [1.165, 1.54) is 21.1 Å². The van der Waals surface area contributed by atoms with Crippen molar-refractivity contribution in [2.24, 2.45) is 7.05 Å². The minimum atomic E-state index is -0.557. The van der Waals surface area contributed by atoms with Crippen molar-refractivity contribution < 1.29 is 19.2 Å². The Balaban J connectivity index is 2.27. The molecule has 2 rings (SSSR count). The fraction of sp³-hybridized carbons (Fsp3) is 0.667. The first-order valence-electron chi connectivity index (χ1n) is 10.8. The average Bonchev–Trinajstić information content (AvgIpc) is 3.04. The van der Waals surface area contributed by atoms with Gasteiger partial charge >= 0.3 is 11.7 Å². The molecule has 0 spiro atoms. The number of halogens is 1. The van der Waals surface area contributed by atoms with Crippen molar-refractivity contribution in [3.8, 4) is 0 Å². The SMILES string of the molecule is CC(=O)OC(C)CCCCn1c(=O)c2c(nc(Br)n2CCN(C=O)OC(C)(C)C)n(C)c1=O. The van der Waals surface area contributed by atoms with Gasteiger partial charge in [0.05, 0.1) is 18.2 Å². The standard InChI is InChI=1S/C21H32BrN5O6/c1-14(32-15(2)29)9-7-8-10-27-18(30)16-17(24(6)20(27)31)23-19(22)26(16)12-11-25(13-28)33-21(3,4)5/h13-14H,7-12H2,1-6H3. The summed E-state index contributed by atoms with van der Waals surface area (Å²) in [5.74, 6) is -0.335. The van der Waals surface area contributed by atoms with Crippen LogP contribution in [0.25, 0.3) is 11.2 Å². The van der Waals surface area contributed by atoms with E-state index >= 15 is 0 Å². The number of carbonyl (C=O) groups is 2. The fourth-order valence-electron chi connectivity index (χ4n) is 3.46. The maximum atomic E-state index is 13.2. The lowest BCUT2D eigenvalue weighted by Crippen LogP contribution is -2.40. The molecule has 0 saturated heterocycles. The van der Waals surface area contributed by atoms with Crippen molar-refractivity contribution in [2.45, 2.75) is 78.7 Å². The number of hydroxylamine groups is 2. The van der Waals surface area contributed by atoms with Crippen molar-refractivity contribution in [1.29, 1.82) is 0 Å². The van der Waals surface area contributed by atoms with E-state index < -0.39 is 16.9 Å². The Bertz CT molecular complexity index is 1110. The normalized spacial score (nSPS) is 12.7. The molecule has 2 heterocycles. The van der Waals surface area contributed by atoms with Crippen LogP contribution in [-0.4, -0.2) is 54.4 Å². The molecular weight excluding hydrogens is 498 g/mol. The van der Waals surface area contributed by atoms with E-state index in [4.69, 9.17) is 9.57 Å². The van der Waals surface area contributed by atoms with Gasteiger partial charge in [-0.3, -0.25) is 28.4 Å². The summed E-state index contributed by atoms with van der Waals surface area (Å²) in [6.07, 6.45) is 2.25. The number of carbonyl (C=O) groups excluding carboxylic acids is 2. The van der Waals surface area contributed by atoms with Gasteiger partial charge in [-0.2, -0.15) is 0 Å². The van der Waals surface area contributed by atoms with Crippen LogP contribution >= 0.6 is 15.9 Å². The maximum Gasteiger partial charge on any atom is 0.332 e. The molecule has 0 N–H and O–H groups in total. The molecule has 184 valence electrons. The first-order chi connectivity index (χ1) is 15.4. The predicted molar refractivity (Wildman–Crippen MR) is 126 cm³/mol. The van der Waals surface area contributed by atoms with Gasteiger partial charge in [0.15, 0.2) is 15.9 Å². The zero-order chi connectivity index (χ0) is 24.9. The number of esters is 1. The topological polar surface area (TPSA) is 118 Å². The minimum absolute atomic E-state index is 0.182. The van der Waals surface area contributed by atoms with E-state index in [1.54, 1.807) is 18.5 Å². The van der Waals surface area contributed by atoms with Crippen LogP contribution in [0.15, 0.2) is 14.3 Å². The number of hydrogen-bond acceptors (Lipinski definition) is 7. The summed E-state index contributed by atoms with van der Waals surface area (Å²) >= 11 is 3.36. The second-order valence-electron chi connectivity index (χ2n) is 8.87. The number of imidazole rings is 1. The molecule has 12 heteroatoms. The average molecular weight is 530 g/mol. The lowest BCUT2D eigenvalue weighted by molar-refractivity contribution is -0.216. The molecule has 0 aliphatic rings. The molecule has 33 heavy (non-hydrogen) atoms. The third-order valence-corrected chi connectivity index (χ3v) is 5.45. The fourth-order valence-corrected chi connectivity index (χ4v) is 3.98. The lowest BCUT2D eigenvalue weighted by atomic mass is 10.2. The van der Waals surface area contributed by atoms with E-state index in [1.807, 2.05) is 20.8 Å². The first-order valence-corrected chi connectivity index (χ1v) is 11.6. The van der Waals surface area contributed by atoms with Gasteiger partial charge < -0.3 is 9.30 Å². The van der Waals surface area contributed by atoms with E-state index in [2.05, 4.69) is 20.9 Å². The Morgan fingerprint density at radius 3 is 2.45 bits per heavy atom. The van der Waals surface area contributed by atoms with Gasteiger partial charge in [-0.15, -0.1) is 0 Å². The number of nitrogens with zero attached hydrogens (tertiary/aromatic N) is 5. The van der Waals surface area contributed by atoms with Crippen molar-refractivity contribution in [3.05, 3.63) is 25.6 Å². The van der Waals surface area contributed by atoms with Crippen molar-refractivity contribution in [1.82, 2.24) is 23.7 Å². The van der Waals surface area contributed by atoms with E-state index in [9.17, 15) is 19.2 Å². The zero-order valence-corrected chi connectivity index (χ0v) is 21.5. The van der Waals surface area contributed by atoms with Gasteiger partial charge in [-0.25, -0.2) is 14.8 Å². The smallest absolute Gasteiger partial charge is 0.332 e. The van der Waals surface area contributed by atoms with Crippen LogP contribution in [0.5, 0.6) is 0 Å². The maximum absolute atomic E-state index is 13.2. The quantitative estimate of drug-likeness (QED) is 0.143. The predicted octanol–water partition coefficient (Wildman–Crippen LogP) is 1.97. The lowest BCUT2D eigenvalue weighted by Gasteiger charge is -2.26. The number of fused-ring (bicyclic) bond motifs is 1. The highest BCUT2D eigenvalue weighted by Crippen LogP contribution is 2.17. The molecule has 0 bridgehead atoms. The highest BCUT2D eigenvalue weighted by atomic mass is 79.9. The Kier molecular flexibility index (Phi) is 9.01. The third-order valence-electron chi connectivity index (χ3n) is 4.85. The van der Waals surface area contributed by atoms with Crippen LogP contribution in [0.2, 0.25) is 0 Å². The number of amides is 1. The minimum Gasteiger partial charge on any atom is -0.463 e. The van der Waals surface area contributed by atoms with Crippen LogP contribution < -0.4 is 11.2 Å². The Morgan fingerprint density at radius 2 is 1.88 bits per heavy atom. The van der Waals surface area contributed by atoms with Crippen LogP contribution in [-0.2, 0) is 39.3 Å². The molecule has 2 aromatic rings. The monoisotopic (exact) mass is 529 g/mol. The molecular formula is C21H32BrN5O6. The highest BCUT2D eigenvalue weighted by Gasteiger charge is 2.21. The summed E-state index contributed by atoms with van der Waals surface area (Å²) in [7, 11) is 1.56. The van der Waals surface area contributed by atoms with Gasteiger partial charge in [0.1, 0.15) is 0 Å². The molecule has 1 unspecified atom stereocenters. The summed E-state index contributed by atoms with van der Waals surface area (Å²) < 4.78 is 9.62. The van der Waals surface area contributed by atoms with E-state index in [0.29, 0.717) is 30.4 Å². The summed E-state index contributed by atoms with van der Waals surface area (Å²) in [6, 6.07) is 0. The van der Waals surface area contributed by atoms with Gasteiger partial charge in [0, 0.05) is 27.1 Å². The molecule has 0 aromatic carbocycles. The molecule has 1 atom stereocenters. The summed E-state index contributed by atoms with van der Waals surface area (Å²) in [4.78, 5) is 58.4. The number of aryl methyl sites for hydroxylation is 1. The molecule has 1 amide bonds. The Labute approximate surface area is 200 Å². The summed E-state index contributed by atoms with van der Waals surface area (Å²) in [5.41, 5.74) is -0.944. The van der Waals surface area contributed by atoms with Crippen LogP contribution in [0.1, 0.15) is 53.9 Å². The number of aromatic nitrogens is 4. The van der Waals surface area contributed by atoms with Crippen LogP contribution in [0.3, 0.4) is 0 Å². The number of rotatable bonds is 11. The molecule has 2 aromatic heterocycles. The Morgan fingerprint density at radius 1 is 1.21 bits per heavy atom. The number of ether oxygens (including phenoxy) is 1. The second-order valence-corrected chi connectivity index (χ2v) is 9.58. The van der Waals surface area contributed by atoms with Crippen LogP contribution in [0, 0.1) is 0 Å². The van der Waals surface area contributed by atoms with Gasteiger partial charge in [-0.1, -0.05) is 0 Å². The van der Waals surface area contributed by atoms with E-state index in [0.717, 1.165) is 0 Å². The van der Waals surface area contributed by atoms with Crippen molar-refractivity contribution in [2.75, 3.05) is 6.54 Å². The largest absolute Gasteiger partial charge is 0.463 e. The summed E-state index contributed by atoms with van der Waals surface area (Å²) in [5, 5.41) is 1.17. The molecule has 0 radical (unpaired) electrons.